The van der Waals surface area contributed by atoms with E-state index in [9.17, 15) is 8.78 Å². The van der Waals surface area contributed by atoms with Crippen molar-refractivity contribution in [1.29, 1.82) is 0 Å². The molecular formula is C15H30F2N2O2. The fourth-order valence-corrected chi connectivity index (χ4v) is 3.35. The number of ether oxygens (including phenoxy) is 2. The highest BCUT2D eigenvalue weighted by Crippen LogP contribution is 2.43. The standard InChI is InChI=1S/C15H30F2N2O2/c1-11(2)13-14(12(3)4)19(8-10-21-6)15(16,17)18(13)7-9-20-5/h11-14H,7-10H2,1-6H3. The molecule has 0 aliphatic carbocycles. The average molecular weight is 308 g/mol. The molecule has 0 N–H and O–H groups in total. The zero-order valence-corrected chi connectivity index (χ0v) is 14.1. The summed E-state index contributed by atoms with van der Waals surface area (Å²) in [5, 5.41) is 0. The number of nitrogens with zero attached hydrogens (tertiary/aromatic N) is 2. The molecule has 1 aliphatic rings. The van der Waals surface area contributed by atoms with Gasteiger partial charge >= 0.3 is 6.17 Å². The fourth-order valence-electron chi connectivity index (χ4n) is 3.35. The van der Waals surface area contributed by atoms with Gasteiger partial charge in [-0.3, -0.25) is 0 Å². The van der Waals surface area contributed by atoms with E-state index in [0.29, 0.717) is 13.2 Å². The van der Waals surface area contributed by atoms with Crippen molar-refractivity contribution in [2.75, 3.05) is 40.5 Å². The second kappa shape index (κ2) is 7.81. The quantitative estimate of drug-likeness (QED) is 0.643. The Morgan fingerprint density at radius 2 is 1.19 bits per heavy atom. The molecule has 0 spiro atoms. The van der Waals surface area contributed by atoms with Gasteiger partial charge in [-0.15, -0.1) is 0 Å². The molecular weight excluding hydrogens is 278 g/mol. The minimum atomic E-state index is -2.96. The Labute approximate surface area is 127 Å². The van der Waals surface area contributed by atoms with Gasteiger partial charge < -0.3 is 9.47 Å². The maximum absolute atomic E-state index is 14.9. The van der Waals surface area contributed by atoms with E-state index >= 15 is 0 Å². The van der Waals surface area contributed by atoms with Crippen LogP contribution in [0.15, 0.2) is 0 Å². The van der Waals surface area contributed by atoms with Crippen LogP contribution in [0, 0.1) is 11.8 Å². The first-order chi connectivity index (χ1) is 9.78. The predicted molar refractivity (Wildman–Crippen MR) is 79.4 cm³/mol. The zero-order valence-electron chi connectivity index (χ0n) is 14.1. The Morgan fingerprint density at radius 1 is 0.857 bits per heavy atom. The van der Waals surface area contributed by atoms with E-state index in [2.05, 4.69) is 0 Å². The van der Waals surface area contributed by atoms with Crippen LogP contribution < -0.4 is 0 Å². The molecule has 1 rings (SSSR count). The zero-order chi connectivity index (χ0) is 16.2. The number of alkyl halides is 2. The van der Waals surface area contributed by atoms with Gasteiger partial charge in [-0.2, -0.15) is 8.78 Å². The van der Waals surface area contributed by atoms with Crippen LogP contribution in [0.4, 0.5) is 8.78 Å². The highest BCUT2D eigenvalue weighted by Gasteiger charge is 2.59. The van der Waals surface area contributed by atoms with Gasteiger partial charge in [-0.25, -0.2) is 9.80 Å². The van der Waals surface area contributed by atoms with E-state index in [0.717, 1.165) is 0 Å². The van der Waals surface area contributed by atoms with Crippen molar-refractivity contribution < 1.29 is 18.3 Å². The minimum absolute atomic E-state index is 0.146. The summed E-state index contributed by atoms with van der Waals surface area (Å²) in [4.78, 5) is 2.61. The number of rotatable bonds is 8. The predicted octanol–water partition coefficient (Wildman–Crippen LogP) is 2.50. The Hall–Kier alpha value is -0.300. The van der Waals surface area contributed by atoms with Crippen LogP contribution in [0.5, 0.6) is 0 Å². The fraction of sp³-hybridized carbons (Fsp3) is 1.00. The lowest BCUT2D eigenvalue weighted by molar-refractivity contribution is -0.225. The number of halogens is 2. The van der Waals surface area contributed by atoms with Gasteiger partial charge in [-0.1, -0.05) is 27.7 Å². The Bertz CT molecular complexity index is 286. The summed E-state index contributed by atoms with van der Waals surface area (Å²) in [7, 11) is 3.09. The molecule has 126 valence electrons. The number of hydrogen-bond donors (Lipinski definition) is 0. The molecule has 4 nitrogen and oxygen atoms in total. The van der Waals surface area contributed by atoms with Crippen molar-refractivity contribution in [2.45, 2.75) is 45.9 Å². The Balaban J connectivity index is 3.10. The average Bonchev–Trinajstić information content (AvgIpc) is 2.61. The summed E-state index contributed by atoms with van der Waals surface area (Å²) in [5.74, 6) is 0.292. The maximum Gasteiger partial charge on any atom is 0.370 e. The van der Waals surface area contributed by atoms with Crippen LogP contribution in [0.1, 0.15) is 27.7 Å². The van der Waals surface area contributed by atoms with Gasteiger partial charge in [-0.05, 0) is 11.8 Å². The molecule has 2 unspecified atom stereocenters. The summed E-state index contributed by atoms with van der Waals surface area (Å²) < 4.78 is 39.8. The van der Waals surface area contributed by atoms with Crippen LogP contribution >= 0.6 is 0 Å². The summed E-state index contributed by atoms with van der Waals surface area (Å²) in [6, 6.07) is -0.376. The topological polar surface area (TPSA) is 24.9 Å². The number of hydrogen-bond acceptors (Lipinski definition) is 4. The first-order valence-electron chi connectivity index (χ1n) is 7.68. The van der Waals surface area contributed by atoms with Gasteiger partial charge in [0, 0.05) is 39.4 Å². The number of methoxy groups -OCH3 is 2. The molecule has 0 radical (unpaired) electrons. The third-order valence-electron chi connectivity index (χ3n) is 4.20. The molecule has 1 saturated heterocycles. The van der Waals surface area contributed by atoms with Crippen LogP contribution in [0.3, 0.4) is 0 Å². The van der Waals surface area contributed by atoms with E-state index in [-0.39, 0.29) is 37.0 Å². The lowest BCUT2D eigenvalue weighted by Crippen LogP contribution is -2.50. The first kappa shape index (κ1) is 18.7. The second-order valence-corrected chi connectivity index (χ2v) is 6.35. The van der Waals surface area contributed by atoms with Crippen LogP contribution in [0.2, 0.25) is 0 Å². The van der Waals surface area contributed by atoms with Crippen LogP contribution in [-0.2, 0) is 9.47 Å². The third kappa shape index (κ3) is 3.92. The van der Waals surface area contributed by atoms with Crippen molar-refractivity contribution in [3.8, 4) is 0 Å². The van der Waals surface area contributed by atoms with Gasteiger partial charge in [0.15, 0.2) is 0 Å². The molecule has 1 heterocycles. The summed E-state index contributed by atoms with van der Waals surface area (Å²) in [5.41, 5.74) is 0. The van der Waals surface area contributed by atoms with E-state index in [1.807, 2.05) is 27.7 Å². The van der Waals surface area contributed by atoms with Gasteiger partial charge in [0.1, 0.15) is 0 Å². The normalized spacial score (nSPS) is 27.1. The molecule has 0 saturated carbocycles. The molecule has 6 heteroatoms. The van der Waals surface area contributed by atoms with Crippen LogP contribution in [-0.4, -0.2) is 68.6 Å². The molecule has 0 aromatic carbocycles. The van der Waals surface area contributed by atoms with E-state index in [1.54, 1.807) is 14.2 Å². The van der Waals surface area contributed by atoms with E-state index in [1.165, 1.54) is 9.80 Å². The molecule has 0 aromatic rings. The lowest BCUT2D eigenvalue weighted by Gasteiger charge is -2.32. The van der Waals surface area contributed by atoms with Gasteiger partial charge in [0.05, 0.1) is 13.2 Å². The monoisotopic (exact) mass is 308 g/mol. The first-order valence-corrected chi connectivity index (χ1v) is 7.68. The minimum Gasteiger partial charge on any atom is -0.383 e. The van der Waals surface area contributed by atoms with Crippen molar-refractivity contribution in [3.05, 3.63) is 0 Å². The molecule has 0 aromatic heterocycles. The second-order valence-electron chi connectivity index (χ2n) is 6.35. The highest BCUT2D eigenvalue weighted by molar-refractivity contribution is 5.01. The highest BCUT2D eigenvalue weighted by atomic mass is 19.3. The van der Waals surface area contributed by atoms with Crippen molar-refractivity contribution in [1.82, 2.24) is 9.80 Å². The van der Waals surface area contributed by atoms with E-state index in [4.69, 9.17) is 9.47 Å². The van der Waals surface area contributed by atoms with Crippen molar-refractivity contribution >= 4 is 0 Å². The molecule has 0 amide bonds. The SMILES string of the molecule is COCCN1C(C(C)C)C(C(C)C)N(CCOC)C1(F)F. The van der Waals surface area contributed by atoms with Crippen molar-refractivity contribution in [2.24, 2.45) is 11.8 Å². The van der Waals surface area contributed by atoms with Gasteiger partial charge in [0.2, 0.25) is 0 Å². The van der Waals surface area contributed by atoms with Crippen LogP contribution in [0.25, 0.3) is 0 Å². The molecule has 0 bridgehead atoms. The Kier molecular flexibility index (Phi) is 6.97. The van der Waals surface area contributed by atoms with Gasteiger partial charge in [0.25, 0.3) is 0 Å². The molecule has 21 heavy (non-hydrogen) atoms. The summed E-state index contributed by atoms with van der Waals surface area (Å²) in [6.45, 7) is 9.12. The third-order valence-corrected chi connectivity index (χ3v) is 4.20. The maximum atomic E-state index is 14.9. The molecule has 1 aliphatic heterocycles. The van der Waals surface area contributed by atoms with E-state index < -0.39 is 6.17 Å². The smallest absolute Gasteiger partial charge is 0.370 e. The largest absolute Gasteiger partial charge is 0.383 e. The van der Waals surface area contributed by atoms with Crippen molar-refractivity contribution in [3.63, 3.8) is 0 Å². The lowest BCUT2D eigenvalue weighted by atomic mass is 9.88. The Morgan fingerprint density at radius 3 is 1.43 bits per heavy atom. The summed E-state index contributed by atoms with van der Waals surface area (Å²) in [6.07, 6.45) is -2.96. The summed E-state index contributed by atoms with van der Waals surface area (Å²) >= 11 is 0. The molecule has 2 atom stereocenters. The molecule has 1 fully saturated rings.